The Hall–Kier alpha value is -7.99. The smallest absolute Gasteiger partial charge is 0.166 e. The Morgan fingerprint density at radius 3 is 1.73 bits per heavy atom. The molecule has 290 valence electrons. The Balaban J connectivity index is 1.08. The Bertz CT molecular complexity index is 4150. The van der Waals surface area contributed by atoms with Crippen molar-refractivity contribution in [2.75, 3.05) is 0 Å². The zero-order valence-electron chi connectivity index (χ0n) is 41.8. The summed E-state index contributed by atoms with van der Waals surface area (Å²) in [6, 6.07) is 49.4. The van der Waals surface area contributed by atoms with Crippen molar-refractivity contribution in [3.8, 4) is 73.2 Å². The zero-order valence-corrected chi connectivity index (χ0v) is 33.6. The number of aromatic nitrogens is 4. The van der Waals surface area contributed by atoms with E-state index in [4.69, 9.17) is 20.4 Å². The van der Waals surface area contributed by atoms with Crippen LogP contribution >= 0.6 is 11.3 Å². The Kier molecular flexibility index (Phi) is 6.67. The minimum Gasteiger partial charge on any atom is -0.309 e. The molecule has 62 heavy (non-hydrogen) atoms. The van der Waals surface area contributed by atoms with Crippen LogP contribution in [0.3, 0.4) is 0 Å². The van der Waals surface area contributed by atoms with E-state index in [0.717, 1.165) is 32.5 Å². The van der Waals surface area contributed by atoms with Gasteiger partial charge in [-0.25, -0.2) is 15.0 Å². The SMILES string of the molecule is [2H]c1cc([2H])c(-c2c([2H])c([2H])c3c(c2[2H])c2c([2H])c([2H])cc([2H])c2n3-c2ccccc2-c2nc(-c3ccccc3)nc(-c3cccc(-c4cccc5c4sc4c(-c6ccccc6)cccc45)c3)n2)c([2H])c1. The highest BCUT2D eigenvalue weighted by Gasteiger charge is 2.20. The van der Waals surface area contributed by atoms with E-state index in [9.17, 15) is 6.85 Å². The lowest BCUT2D eigenvalue weighted by molar-refractivity contribution is 1.06. The third kappa shape index (κ3) is 6.09. The lowest BCUT2D eigenvalue weighted by atomic mass is 9.99. The second kappa shape index (κ2) is 14.9. The van der Waals surface area contributed by atoms with Gasteiger partial charge in [0.05, 0.1) is 29.1 Å². The van der Waals surface area contributed by atoms with Gasteiger partial charge in [-0.2, -0.15) is 0 Å². The van der Waals surface area contributed by atoms with Crippen molar-refractivity contribution in [1.82, 2.24) is 19.5 Å². The summed E-state index contributed by atoms with van der Waals surface area (Å²) in [7, 11) is 0. The molecule has 12 rings (SSSR count). The number of benzene rings is 9. The maximum atomic E-state index is 9.65. The van der Waals surface area contributed by atoms with E-state index in [2.05, 4.69) is 72.8 Å². The molecule has 4 nitrogen and oxygen atoms in total. The first-order valence-electron chi connectivity index (χ1n) is 24.6. The summed E-state index contributed by atoms with van der Waals surface area (Å²) >= 11 is 1.77. The lowest BCUT2D eigenvalue weighted by Crippen LogP contribution is -2.03. The molecule has 0 atom stereocenters. The second-order valence-corrected chi connectivity index (χ2v) is 15.8. The molecule has 0 unspecified atom stereocenters. The van der Waals surface area contributed by atoms with Crippen molar-refractivity contribution in [3.05, 3.63) is 218 Å². The quantitative estimate of drug-likeness (QED) is 0.161. The molecular weight excluding hydrogens is 773 g/mol. The predicted molar refractivity (Wildman–Crippen MR) is 260 cm³/mol. The molecule has 9 aromatic carbocycles. The van der Waals surface area contributed by atoms with E-state index in [0.29, 0.717) is 22.9 Å². The highest BCUT2D eigenvalue weighted by molar-refractivity contribution is 7.26. The summed E-state index contributed by atoms with van der Waals surface area (Å²) in [6.07, 6.45) is 0. The number of thiophene rings is 1. The van der Waals surface area contributed by atoms with Crippen LogP contribution in [0.2, 0.25) is 0 Å². The molecule has 3 aromatic heterocycles. The van der Waals surface area contributed by atoms with E-state index in [1.54, 1.807) is 28.0 Å². The fourth-order valence-electron chi connectivity index (χ4n) is 8.30. The number of rotatable bonds is 7. The molecule has 3 heterocycles. The Morgan fingerprint density at radius 1 is 0.371 bits per heavy atom. The largest absolute Gasteiger partial charge is 0.309 e. The first kappa shape index (κ1) is 27.7. The molecule has 0 saturated carbocycles. The van der Waals surface area contributed by atoms with Crippen LogP contribution in [0.15, 0.2) is 218 Å². The van der Waals surface area contributed by atoms with Gasteiger partial charge in [-0.05, 0) is 69.7 Å². The molecule has 0 saturated heterocycles. The normalized spacial score (nSPS) is 13.6. The van der Waals surface area contributed by atoms with Gasteiger partial charge in [0.25, 0.3) is 0 Å². The number of para-hydroxylation sites is 2. The third-order valence-corrected chi connectivity index (χ3v) is 12.4. The average Bonchev–Trinajstić information content (AvgIpc) is 3.97. The zero-order chi connectivity index (χ0) is 48.8. The van der Waals surface area contributed by atoms with Crippen molar-refractivity contribution >= 4 is 53.3 Å². The first-order valence-corrected chi connectivity index (χ1v) is 20.9. The maximum Gasteiger partial charge on any atom is 0.166 e. The molecule has 0 fully saturated rings. The molecular formula is C57H36N4S. The van der Waals surface area contributed by atoms with Gasteiger partial charge in [-0.1, -0.05) is 182 Å². The van der Waals surface area contributed by atoms with E-state index in [-0.39, 0.29) is 87.1 Å². The summed E-state index contributed by atoms with van der Waals surface area (Å²) in [4.78, 5) is 15.3. The van der Waals surface area contributed by atoms with Gasteiger partial charge in [0, 0.05) is 47.6 Å². The van der Waals surface area contributed by atoms with Gasteiger partial charge >= 0.3 is 0 Å². The molecule has 0 amide bonds. The van der Waals surface area contributed by atoms with E-state index in [1.807, 2.05) is 60.7 Å². The van der Waals surface area contributed by atoms with Crippen LogP contribution in [0.25, 0.3) is 115 Å². The maximum absolute atomic E-state index is 9.65. The van der Waals surface area contributed by atoms with E-state index in [1.165, 1.54) is 39.2 Å². The number of fused-ring (bicyclic) bond motifs is 6. The molecule has 0 radical (unpaired) electrons. The topological polar surface area (TPSA) is 43.6 Å². The standard InChI is InChI=1S/C57H36N4S/c1-4-17-37(18-5-1)40-33-34-52-49(36-40)45-25-10-12-31-50(45)61(52)51-32-13-11-26-48(51)57-59-55(39-21-8-3-9-22-39)58-56(60-57)42-24-14-23-41(35-42)44-28-16-30-47-46-29-15-27-43(53(46)62-54(44)47)38-19-6-2-7-20-38/h1-36H/i1D,10D,17D,18D,25D,31D,33D,34D,36D. The first-order chi connectivity index (χ1) is 34.5. The molecule has 0 spiro atoms. The summed E-state index contributed by atoms with van der Waals surface area (Å²) in [5.41, 5.74) is 6.59. The highest BCUT2D eigenvalue weighted by atomic mass is 32.1. The van der Waals surface area contributed by atoms with Crippen LogP contribution in [-0.2, 0) is 0 Å². The molecule has 0 N–H and O–H groups in total. The van der Waals surface area contributed by atoms with Gasteiger partial charge in [0.2, 0.25) is 0 Å². The fourth-order valence-corrected chi connectivity index (χ4v) is 9.67. The van der Waals surface area contributed by atoms with E-state index < -0.39 is 6.04 Å². The average molecular weight is 818 g/mol. The Morgan fingerprint density at radius 2 is 0.952 bits per heavy atom. The molecule has 0 aliphatic carbocycles. The molecule has 12 aromatic rings. The summed E-state index contributed by atoms with van der Waals surface area (Å²) in [6.45, 7) is 0. The van der Waals surface area contributed by atoms with Crippen LogP contribution < -0.4 is 0 Å². The van der Waals surface area contributed by atoms with Crippen LogP contribution in [0, 0.1) is 0 Å². The lowest BCUT2D eigenvalue weighted by Gasteiger charge is -2.15. The molecule has 0 bridgehead atoms. The monoisotopic (exact) mass is 817 g/mol. The second-order valence-electron chi connectivity index (χ2n) is 14.8. The van der Waals surface area contributed by atoms with Crippen molar-refractivity contribution in [3.63, 3.8) is 0 Å². The number of hydrogen-bond donors (Lipinski definition) is 0. The number of hydrogen-bond acceptors (Lipinski definition) is 4. The minimum absolute atomic E-state index is 0.0234. The van der Waals surface area contributed by atoms with Crippen molar-refractivity contribution in [1.29, 1.82) is 0 Å². The van der Waals surface area contributed by atoms with Gasteiger partial charge < -0.3 is 4.57 Å². The van der Waals surface area contributed by atoms with Crippen LogP contribution in [-0.4, -0.2) is 19.5 Å². The molecule has 0 aliphatic heterocycles. The minimum atomic E-state index is -0.440. The van der Waals surface area contributed by atoms with Crippen LogP contribution in [0.4, 0.5) is 0 Å². The Labute approximate surface area is 375 Å². The van der Waals surface area contributed by atoms with Crippen LogP contribution in [0.1, 0.15) is 12.3 Å². The van der Waals surface area contributed by atoms with Crippen molar-refractivity contribution < 1.29 is 12.3 Å². The molecule has 0 aliphatic rings. The van der Waals surface area contributed by atoms with Crippen molar-refractivity contribution in [2.45, 2.75) is 0 Å². The van der Waals surface area contributed by atoms with Crippen molar-refractivity contribution in [2.24, 2.45) is 0 Å². The predicted octanol–water partition coefficient (Wildman–Crippen LogP) is 15.3. The van der Waals surface area contributed by atoms with Gasteiger partial charge in [-0.3, -0.25) is 0 Å². The van der Waals surface area contributed by atoms with Gasteiger partial charge in [0.15, 0.2) is 17.5 Å². The van der Waals surface area contributed by atoms with Crippen LogP contribution in [0.5, 0.6) is 0 Å². The van der Waals surface area contributed by atoms with E-state index >= 15 is 0 Å². The summed E-state index contributed by atoms with van der Waals surface area (Å²) < 4.78 is 85.3. The third-order valence-electron chi connectivity index (χ3n) is 11.1. The van der Waals surface area contributed by atoms with Gasteiger partial charge in [0.1, 0.15) is 0 Å². The fraction of sp³-hybridized carbons (Fsp3) is 0. The summed E-state index contributed by atoms with van der Waals surface area (Å²) in [5.74, 6) is 1.04. The van der Waals surface area contributed by atoms with Gasteiger partial charge in [-0.15, -0.1) is 11.3 Å². The summed E-state index contributed by atoms with van der Waals surface area (Å²) in [5, 5.41) is 2.43. The number of nitrogens with zero attached hydrogens (tertiary/aromatic N) is 4. The highest BCUT2D eigenvalue weighted by Crippen LogP contribution is 2.44. The molecule has 5 heteroatoms.